The van der Waals surface area contributed by atoms with Crippen molar-refractivity contribution < 1.29 is 9.47 Å². The molecule has 0 unspecified atom stereocenters. The van der Waals surface area contributed by atoms with Crippen molar-refractivity contribution in [3.05, 3.63) is 47.0 Å². The maximum Gasteiger partial charge on any atom is 0.160 e. The van der Waals surface area contributed by atoms with E-state index < -0.39 is 0 Å². The fraction of sp³-hybridized carbons (Fsp3) is 0.692. The number of halogens is 1. The largest absolute Gasteiger partial charge is 0.352 e. The summed E-state index contributed by atoms with van der Waals surface area (Å²) in [6.07, 6.45) is 16.4. The Hall–Kier alpha value is -0.830. The van der Waals surface area contributed by atoms with E-state index in [0.717, 1.165) is 42.4 Å². The minimum absolute atomic E-state index is 0.0443. The smallest absolute Gasteiger partial charge is 0.160 e. The van der Waals surface area contributed by atoms with E-state index in [9.17, 15) is 0 Å². The lowest BCUT2D eigenvalue weighted by molar-refractivity contribution is -0.223. The molecule has 3 fully saturated rings. The fourth-order valence-electron chi connectivity index (χ4n) is 5.79. The van der Waals surface area contributed by atoms with E-state index in [1.54, 1.807) is 0 Å². The molecule has 2 saturated carbocycles. The zero-order valence-corrected chi connectivity index (χ0v) is 18.7. The Morgan fingerprint density at radius 1 is 0.828 bits per heavy atom. The summed E-state index contributed by atoms with van der Waals surface area (Å²) >= 11 is 6.05. The van der Waals surface area contributed by atoms with Gasteiger partial charge in [0.15, 0.2) is 6.29 Å². The van der Waals surface area contributed by atoms with E-state index in [4.69, 9.17) is 21.1 Å². The first-order valence-corrected chi connectivity index (χ1v) is 12.3. The topological polar surface area (TPSA) is 18.5 Å². The van der Waals surface area contributed by atoms with Gasteiger partial charge in [-0.1, -0.05) is 42.8 Å². The Morgan fingerprint density at radius 2 is 1.38 bits per heavy atom. The van der Waals surface area contributed by atoms with Gasteiger partial charge in [-0.25, -0.2) is 0 Å². The summed E-state index contributed by atoms with van der Waals surface area (Å²) in [7, 11) is 0. The number of allylic oxidation sites excluding steroid dienone is 1. The van der Waals surface area contributed by atoms with Gasteiger partial charge in [0.05, 0.1) is 13.2 Å². The molecule has 29 heavy (non-hydrogen) atoms. The number of hydrogen-bond acceptors (Lipinski definition) is 2. The molecular weight excluding hydrogens is 380 g/mol. The van der Waals surface area contributed by atoms with E-state index in [2.05, 4.69) is 31.2 Å². The van der Waals surface area contributed by atoms with E-state index in [1.165, 1.54) is 56.9 Å². The molecule has 2 nitrogen and oxygen atoms in total. The van der Waals surface area contributed by atoms with E-state index >= 15 is 0 Å². The molecule has 0 bridgehead atoms. The maximum absolute atomic E-state index is 6.10. The van der Waals surface area contributed by atoms with Crippen LogP contribution in [0.3, 0.4) is 0 Å². The van der Waals surface area contributed by atoms with Crippen LogP contribution in [0.2, 0.25) is 5.02 Å². The standard InChI is InChI=1S/C26H37ClO2/c1-2-3-4-19-17-28-26(29-18-19)24-11-9-22(10-12-24)20-5-7-21(8-6-20)23-13-15-25(27)16-14-23/h3-4,13-16,19-22,24,26H,2,5-12,17-18H2,1H3/b4-3+/t19-,20-,21-,22-,24-,26-. The van der Waals surface area contributed by atoms with Crippen LogP contribution in [-0.2, 0) is 9.47 Å². The van der Waals surface area contributed by atoms with Crippen LogP contribution in [-0.4, -0.2) is 19.5 Å². The Balaban J connectivity index is 1.19. The van der Waals surface area contributed by atoms with Gasteiger partial charge in [-0.3, -0.25) is 0 Å². The summed E-state index contributed by atoms with van der Waals surface area (Å²) in [6.45, 7) is 3.83. The van der Waals surface area contributed by atoms with Crippen molar-refractivity contribution in [3.63, 3.8) is 0 Å². The van der Waals surface area contributed by atoms with E-state index in [-0.39, 0.29) is 6.29 Å². The Morgan fingerprint density at radius 3 is 1.97 bits per heavy atom. The molecule has 1 heterocycles. The molecule has 160 valence electrons. The highest BCUT2D eigenvalue weighted by Crippen LogP contribution is 2.45. The normalized spacial score (nSPS) is 36.3. The summed E-state index contributed by atoms with van der Waals surface area (Å²) in [5.41, 5.74) is 1.48. The molecule has 0 amide bonds. The SMILES string of the molecule is CC/C=C/[C@H]1CO[C@H]([C@H]2CC[C@H]([C@H]3CC[C@H](c4ccc(Cl)cc4)CC3)CC2)OC1. The molecular formula is C26H37ClO2. The lowest BCUT2D eigenvalue weighted by atomic mass is 9.68. The van der Waals surface area contributed by atoms with Crippen molar-refractivity contribution in [1.82, 2.24) is 0 Å². The van der Waals surface area contributed by atoms with Gasteiger partial charge in [-0.2, -0.15) is 0 Å². The maximum atomic E-state index is 6.10. The first-order chi connectivity index (χ1) is 14.2. The van der Waals surface area contributed by atoms with Gasteiger partial charge in [0.2, 0.25) is 0 Å². The third-order valence-corrected chi connectivity index (χ3v) is 7.83. The molecule has 0 atom stereocenters. The first-order valence-electron chi connectivity index (χ1n) is 11.9. The highest BCUT2D eigenvalue weighted by molar-refractivity contribution is 6.30. The van der Waals surface area contributed by atoms with Crippen LogP contribution >= 0.6 is 11.6 Å². The molecule has 3 heteroatoms. The zero-order valence-electron chi connectivity index (χ0n) is 17.9. The summed E-state index contributed by atoms with van der Waals surface area (Å²) in [5.74, 6) is 3.63. The molecule has 0 aromatic heterocycles. The van der Waals surface area contributed by atoms with Crippen LogP contribution in [0.5, 0.6) is 0 Å². The van der Waals surface area contributed by atoms with Crippen LogP contribution in [0, 0.1) is 23.7 Å². The number of rotatable bonds is 5. The average molecular weight is 417 g/mol. The van der Waals surface area contributed by atoms with Crippen molar-refractivity contribution in [2.24, 2.45) is 23.7 Å². The van der Waals surface area contributed by atoms with Crippen molar-refractivity contribution in [2.45, 2.75) is 76.9 Å². The molecule has 1 aliphatic heterocycles. The second-order valence-electron chi connectivity index (χ2n) is 9.47. The summed E-state index contributed by atoms with van der Waals surface area (Å²) in [4.78, 5) is 0. The predicted molar refractivity (Wildman–Crippen MR) is 120 cm³/mol. The summed E-state index contributed by atoms with van der Waals surface area (Å²) < 4.78 is 12.2. The van der Waals surface area contributed by atoms with Crippen molar-refractivity contribution in [2.75, 3.05) is 13.2 Å². The van der Waals surface area contributed by atoms with Crippen molar-refractivity contribution in [1.29, 1.82) is 0 Å². The molecule has 1 aromatic carbocycles. The van der Waals surface area contributed by atoms with E-state index in [1.807, 2.05) is 12.1 Å². The van der Waals surface area contributed by atoms with Crippen molar-refractivity contribution >= 4 is 11.6 Å². The number of hydrogen-bond donors (Lipinski definition) is 0. The molecule has 0 N–H and O–H groups in total. The van der Waals surface area contributed by atoms with Gasteiger partial charge < -0.3 is 9.47 Å². The zero-order chi connectivity index (χ0) is 20.1. The lowest BCUT2D eigenvalue weighted by Crippen LogP contribution is -2.38. The second kappa shape index (κ2) is 10.5. The van der Waals surface area contributed by atoms with Crippen molar-refractivity contribution in [3.8, 4) is 0 Å². The van der Waals surface area contributed by atoms with Crippen LogP contribution in [0.1, 0.15) is 76.2 Å². The molecule has 4 rings (SSSR count). The van der Waals surface area contributed by atoms with E-state index in [0.29, 0.717) is 11.8 Å². The van der Waals surface area contributed by atoms with Gasteiger partial charge >= 0.3 is 0 Å². The molecule has 1 saturated heterocycles. The Kier molecular flexibility index (Phi) is 7.72. The number of benzene rings is 1. The Bertz CT molecular complexity index is 631. The van der Waals surface area contributed by atoms with Crippen LogP contribution in [0.4, 0.5) is 0 Å². The monoisotopic (exact) mass is 416 g/mol. The third-order valence-electron chi connectivity index (χ3n) is 7.57. The number of ether oxygens (including phenoxy) is 2. The van der Waals surface area contributed by atoms with Gasteiger partial charge in [0.1, 0.15) is 0 Å². The minimum Gasteiger partial charge on any atom is -0.352 e. The molecule has 0 spiro atoms. The molecule has 2 aliphatic carbocycles. The Labute approximate surface area is 182 Å². The fourth-order valence-corrected chi connectivity index (χ4v) is 5.92. The molecule has 0 radical (unpaired) electrons. The minimum atomic E-state index is 0.0443. The molecule has 1 aromatic rings. The first kappa shape index (κ1) is 21.4. The van der Waals surface area contributed by atoms with Gasteiger partial charge in [0, 0.05) is 16.9 Å². The quantitative estimate of drug-likeness (QED) is 0.466. The van der Waals surface area contributed by atoms with Crippen LogP contribution in [0.25, 0.3) is 0 Å². The average Bonchev–Trinajstić information content (AvgIpc) is 2.79. The summed E-state index contributed by atoms with van der Waals surface area (Å²) in [5, 5.41) is 0.845. The van der Waals surface area contributed by atoms with Gasteiger partial charge in [0.25, 0.3) is 0 Å². The van der Waals surface area contributed by atoms with Crippen LogP contribution < -0.4 is 0 Å². The summed E-state index contributed by atoms with van der Waals surface area (Å²) in [6, 6.07) is 8.54. The van der Waals surface area contributed by atoms with Gasteiger partial charge in [-0.15, -0.1) is 0 Å². The third kappa shape index (κ3) is 5.66. The molecule has 3 aliphatic rings. The second-order valence-corrected chi connectivity index (χ2v) is 9.91. The highest BCUT2D eigenvalue weighted by atomic mass is 35.5. The van der Waals surface area contributed by atoms with Crippen LogP contribution in [0.15, 0.2) is 36.4 Å². The van der Waals surface area contributed by atoms with Gasteiger partial charge in [-0.05, 0) is 93.2 Å². The predicted octanol–water partition coefficient (Wildman–Crippen LogP) is 7.38. The lowest BCUT2D eigenvalue weighted by Gasteiger charge is -2.41. The highest BCUT2D eigenvalue weighted by Gasteiger charge is 2.35.